The first-order valence-electron chi connectivity index (χ1n) is 11.0. The summed E-state index contributed by atoms with van der Waals surface area (Å²) in [6.07, 6.45) is 7.14. The summed E-state index contributed by atoms with van der Waals surface area (Å²) in [7, 11) is 0. The molecule has 1 aliphatic heterocycles. The molecule has 1 aromatic heterocycles. The zero-order chi connectivity index (χ0) is 22.9. The third-order valence-electron chi connectivity index (χ3n) is 6.34. The standard InChI is InChI=1S/C26H23N3O4/c30-24(19-8-4-5-9-20(19)26(32)33)27-18-10-11-21-22(15-18)28-23-17(12-13-29(23)25(21)31)14-16-6-2-1-3-7-16/h1-7,10-11,14-15,19-20H,8-9,12-13H2,(H,27,30)(H,32,33)/t19-,20+/m0/s1. The maximum absolute atomic E-state index is 13.1. The Kier molecular flexibility index (Phi) is 5.38. The maximum Gasteiger partial charge on any atom is 0.307 e. The highest BCUT2D eigenvalue weighted by molar-refractivity contribution is 5.97. The van der Waals surface area contributed by atoms with Gasteiger partial charge in [0.1, 0.15) is 5.82 Å². The lowest BCUT2D eigenvalue weighted by Gasteiger charge is -2.24. The number of aromatic nitrogens is 2. The molecule has 0 fully saturated rings. The molecule has 0 saturated carbocycles. The van der Waals surface area contributed by atoms with Crippen molar-refractivity contribution in [3.05, 3.63) is 82.4 Å². The minimum atomic E-state index is -0.971. The van der Waals surface area contributed by atoms with E-state index in [9.17, 15) is 19.5 Å². The van der Waals surface area contributed by atoms with E-state index >= 15 is 0 Å². The summed E-state index contributed by atoms with van der Waals surface area (Å²) in [6, 6.07) is 14.9. The molecule has 2 aromatic carbocycles. The van der Waals surface area contributed by atoms with E-state index in [1.54, 1.807) is 28.8 Å². The molecule has 0 saturated heterocycles. The molecule has 2 N–H and O–H groups in total. The summed E-state index contributed by atoms with van der Waals surface area (Å²) >= 11 is 0. The van der Waals surface area contributed by atoms with Gasteiger partial charge in [-0.2, -0.15) is 0 Å². The van der Waals surface area contributed by atoms with Gasteiger partial charge in [0.15, 0.2) is 0 Å². The molecule has 3 aromatic rings. The zero-order valence-corrected chi connectivity index (χ0v) is 17.9. The predicted octanol–water partition coefficient (Wildman–Crippen LogP) is 3.95. The summed E-state index contributed by atoms with van der Waals surface area (Å²) in [5.74, 6) is -2.05. The van der Waals surface area contributed by atoms with Gasteiger partial charge in [-0.15, -0.1) is 0 Å². The normalized spacial score (nSPS) is 20.7. The number of amides is 1. The van der Waals surface area contributed by atoms with Crippen molar-refractivity contribution < 1.29 is 14.7 Å². The Balaban J connectivity index is 1.47. The number of nitrogens with one attached hydrogen (secondary N) is 1. The molecule has 0 radical (unpaired) electrons. The number of nitrogens with zero attached hydrogens (tertiary/aromatic N) is 2. The van der Waals surface area contributed by atoms with E-state index in [2.05, 4.69) is 5.32 Å². The molecule has 2 aliphatic rings. The highest BCUT2D eigenvalue weighted by Gasteiger charge is 2.34. The van der Waals surface area contributed by atoms with Crippen molar-refractivity contribution in [2.75, 3.05) is 5.32 Å². The largest absolute Gasteiger partial charge is 0.481 e. The van der Waals surface area contributed by atoms with Crippen molar-refractivity contribution in [1.29, 1.82) is 0 Å². The van der Waals surface area contributed by atoms with Crippen molar-refractivity contribution in [3.8, 4) is 0 Å². The molecule has 33 heavy (non-hydrogen) atoms. The molecule has 1 amide bonds. The number of carbonyl (C=O) groups is 2. The topological polar surface area (TPSA) is 101 Å². The highest BCUT2D eigenvalue weighted by Crippen LogP contribution is 2.30. The van der Waals surface area contributed by atoms with Crippen LogP contribution in [0.2, 0.25) is 0 Å². The van der Waals surface area contributed by atoms with Crippen LogP contribution in [-0.4, -0.2) is 26.5 Å². The second-order valence-electron chi connectivity index (χ2n) is 8.44. The Labute approximate surface area is 190 Å². The number of carboxylic acid groups (broad SMARTS) is 1. The van der Waals surface area contributed by atoms with Crippen LogP contribution in [0, 0.1) is 11.8 Å². The molecule has 0 bridgehead atoms. The number of carbonyl (C=O) groups excluding carboxylic acids is 1. The van der Waals surface area contributed by atoms with Crippen LogP contribution in [-0.2, 0) is 16.1 Å². The first kappa shape index (κ1) is 20.9. The van der Waals surface area contributed by atoms with Crippen molar-refractivity contribution in [2.45, 2.75) is 25.8 Å². The van der Waals surface area contributed by atoms with Crippen molar-refractivity contribution in [2.24, 2.45) is 11.8 Å². The van der Waals surface area contributed by atoms with Gasteiger partial charge in [0.2, 0.25) is 5.91 Å². The van der Waals surface area contributed by atoms with Gasteiger partial charge in [-0.3, -0.25) is 19.0 Å². The summed E-state index contributed by atoms with van der Waals surface area (Å²) < 4.78 is 1.70. The van der Waals surface area contributed by atoms with E-state index in [4.69, 9.17) is 4.98 Å². The Bertz CT molecular complexity index is 1370. The Hall–Kier alpha value is -4.00. The number of anilines is 1. The number of allylic oxidation sites excluding steroid dienone is 3. The number of rotatable bonds is 4. The maximum atomic E-state index is 13.1. The summed E-state index contributed by atoms with van der Waals surface area (Å²) in [5, 5.41) is 12.8. The number of benzene rings is 2. The Morgan fingerprint density at radius 3 is 2.58 bits per heavy atom. The van der Waals surface area contributed by atoms with Crippen LogP contribution in [0.15, 0.2) is 65.5 Å². The molecule has 7 nitrogen and oxygen atoms in total. The van der Waals surface area contributed by atoms with Crippen LogP contribution < -0.4 is 10.9 Å². The zero-order valence-electron chi connectivity index (χ0n) is 17.9. The molecule has 0 spiro atoms. The first-order valence-corrected chi connectivity index (χ1v) is 11.0. The fraction of sp³-hybridized carbons (Fsp3) is 0.231. The van der Waals surface area contributed by atoms with Crippen LogP contribution in [0.3, 0.4) is 0 Å². The molecule has 166 valence electrons. The van der Waals surface area contributed by atoms with E-state index in [0.29, 0.717) is 41.8 Å². The average molecular weight is 441 g/mol. The molecule has 2 atom stereocenters. The fourth-order valence-corrected chi connectivity index (χ4v) is 4.59. The minimum Gasteiger partial charge on any atom is -0.481 e. The van der Waals surface area contributed by atoms with Crippen molar-refractivity contribution in [1.82, 2.24) is 9.55 Å². The van der Waals surface area contributed by atoms with E-state index < -0.39 is 17.8 Å². The number of carboxylic acids is 1. The molecule has 0 unspecified atom stereocenters. The van der Waals surface area contributed by atoms with Crippen LogP contribution in [0.25, 0.3) is 22.6 Å². The quantitative estimate of drug-likeness (QED) is 0.597. The van der Waals surface area contributed by atoms with E-state index in [1.165, 1.54) is 0 Å². The van der Waals surface area contributed by atoms with E-state index in [-0.39, 0.29) is 11.5 Å². The summed E-state index contributed by atoms with van der Waals surface area (Å²) in [4.78, 5) is 42.2. The van der Waals surface area contributed by atoms with Gasteiger partial charge in [-0.05, 0) is 54.7 Å². The molecular weight excluding hydrogens is 418 g/mol. The third kappa shape index (κ3) is 3.98. The van der Waals surface area contributed by atoms with E-state index in [1.807, 2.05) is 42.5 Å². The second-order valence-corrected chi connectivity index (χ2v) is 8.44. The molecular formula is C26H23N3O4. The molecule has 2 heterocycles. The predicted molar refractivity (Wildman–Crippen MR) is 127 cm³/mol. The fourth-order valence-electron chi connectivity index (χ4n) is 4.59. The highest BCUT2D eigenvalue weighted by atomic mass is 16.4. The monoisotopic (exact) mass is 441 g/mol. The number of hydrogen-bond acceptors (Lipinski definition) is 4. The van der Waals surface area contributed by atoms with Gasteiger partial charge in [-0.1, -0.05) is 42.5 Å². The lowest BCUT2D eigenvalue weighted by Crippen LogP contribution is -2.34. The number of fused-ring (bicyclic) bond motifs is 2. The second kappa shape index (κ2) is 8.50. The van der Waals surface area contributed by atoms with Gasteiger partial charge >= 0.3 is 5.97 Å². The minimum absolute atomic E-state index is 0.104. The van der Waals surface area contributed by atoms with Crippen molar-refractivity contribution in [3.63, 3.8) is 0 Å². The van der Waals surface area contributed by atoms with Crippen LogP contribution in [0.4, 0.5) is 5.69 Å². The average Bonchev–Trinajstić information content (AvgIpc) is 3.22. The lowest BCUT2D eigenvalue weighted by atomic mass is 9.82. The van der Waals surface area contributed by atoms with Gasteiger partial charge in [0, 0.05) is 12.2 Å². The van der Waals surface area contributed by atoms with Gasteiger partial charge in [0.05, 0.1) is 22.7 Å². The van der Waals surface area contributed by atoms with Gasteiger partial charge in [-0.25, -0.2) is 4.98 Å². The van der Waals surface area contributed by atoms with Crippen LogP contribution in [0.1, 0.15) is 30.7 Å². The smallest absolute Gasteiger partial charge is 0.307 e. The Morgan fingerprint density at radius 2 is 1.82 bits per heavy atom. The van der Waals surface area contributed by atoms with Crippen molar-refractivity contribution >= 4 is 40.1 Å². The SMILES string of the molecule is O=C(Nc1ccc2c(=O)n3c(nc2c1)C(=Cc1ccccc1)CC3)[C@H]1CC=CC[C@H]1C(=O)O. The van der Waals surface area contributed by atoms with Gasteiger partial charge < -0.3 is 10.4 Å². The summed E-state index contributed by atoms with van der Waals surface area (Å²) in [5.41, 5.74) is 2.93. The number of hydrogen-bond donors (Lipinski definition) is 2. The number of aliphatic carboxylic acids is 1. The molecule has 1 aliphatic carbocycles. The summed E-state index contributed by atoms with van der Waals surface area (Å²) in [6.45, 7) is 0.583. The lowest BCUT2D eigenvalue weighted by molar-refractivity contribution is -0.146. The van der Waals surface area contributed by atoms with Gasteiger partial charge in [0.25, 0.3) is 5.56 Å². The molecule has 7 heteroatoms. The van der Waals surface area contributed by atoms with Crippen LogP contribution in [0.5, 0.6) is 0 Å². The molecule has 5 rings (SSSR count). The van der Waals surface area contributed by atoms with E-state index in [0.717, 1.165) is 17.6 Å². The van der Waals surface area contributed by atoms with Crippen LogP contribution >= 0.6 is 0 Å². The third-order valence-corrected chi connectivity index (χ3v) is 6.34. The Morgan fingerprint density at radius 1 is 1.06 bits per heavy atom. The first-order chi connectivity index (χ1) is 16.0.